The van der Waals surface area contributed by atoms with Gasteiger partial charge in [0, 0.05) is 14.2 Å². The summed E-state index contributed by atoms with van der Waals surface area (Å²) in [4.78, 5) is 21.4. The minimum absolute atomic E-state index is 0.0480. The number of carbonyl (C=O) groups excluding carboxylic acids is 1. The molecule has 0 atom stereocenters. The fourth-order valence-corrected chi connectivity index (χ4v) is 1.45. The van der Waals surface area contributed by atoms with Gasteiger partial charge in [-0.1, -0.05) is 10.3 Å². The minimum atomic E-state index is -1.06. The number of hydrogen-bond donors (Lipinski definition) is 1. The Kier molecular flexibility index (Phi) is 7.43. The van der Waals surface area contributed by atoms with Crippen LogP contribution in [0.25, 0.3) is 0 Å². The van der Waals surface area contributed by atoms with Gasteiger partial charge >= 0.3 is 11.9 Å². The molecule has 2 aromatic rings. The number of esters is 1. The van der Waals surface area contributed by atoms with Crippen LogP contribution in [0.4, 0.5) is 0 Å². The molecule has 2 heterocycles. The standard InChI is InChI=1S/C7H9NO4.C6H7NO4/c1-10-4-6-5(3-8-12-6)7(9)11-2;1-10-3-5-4(6(8)9)2-7-11-5/h3H,4H2,1-2H3;2H,3H2,1H3,(H,8,9). The molecule has 0 saturated heterocycles. The molecule has 10 heteroatoms. The number of carboxylic acid groups (broad SMARTS) is 1. The van der Waals surface area contributed by atoms with Crippen LogP contribution in [0.15, 0.2) is 21.4 Å². The van der Waals surface area contributed by atoms with Gasteiger partial charge in [0.15, 0.2) is 11.5 Å². The maximum absolute atomic E-state index is 11.0. The molecule has 0 aliphatic carbocycles. The first kappa shape index (κ1) is 18.3. The highest BCUT2D eigenvalue weighted by Crippen LogP contribution is 2.10. The number of carboxylic acids is 1. The van der Waals surface area contributed by atoms with Crippen LogP contribution >= 0.6 is 0 Å². The summed E-state index contributed by atoms with van der Waals surface area (Å²) in [7, 11) is 4.25. The van der Waals surface area contributed by atoms with Gasteiger partial charge in [-0.2, -0.15) is 0 Å². The fourth-order valence-electron chi connectivity index (χ4n) is 1.45. The van der Waals surface area contributed by atoms with E-state index < -0.39 is 11.9 Å². The van der Waals surface area contributed by atoms with E-state index in [9.17, 15) is 9.59 Å². The Morgan fingerprint density at radius 3 is 1.91 bits per heavy atom. The number of ether oxygens (including phenoxy) is 3. The molecule has 10 nitrogen and oxygen atoms in total. The van der Waals surface area contributed by atoms with Crippen LogP contribution < -0.4 is 0 Å². The third-order valence-corrected chi connectivity index (χ3v) is 2.48. The van der Waals surface area contributed by atoms with Crippen LogP contribution in [0.5, 0.6) is 0 Å². The summed E-state index contributed by atoms with van der Waals surface area (Å²) in [5.41, 5.74) is 0.353. The van der Waals surface area contributed by atoms with Gasteiger partial charge in [-0.15, -0.1) is 0 Å². The first-order valence-electron chi connectivity index (χ1n) is 6.21. The second-order valence-corrected chi connectivity index (χ2v) is 3.99. The van der Waals surface area contributed by atoms with Gasteiger partial charge < -0.3 is 28.4 Å². The van der Waals surface area contributed by atoms with Gasteiger partial charge in [0.2, 0.25) is 0 Å². The molecule has 0 spiro atoms. The van der Waals surface area contributed by atoms with Gasteiger partial charge in [-0.25, -0.2) is 9.59 Å². The number of aromatic nitrogens is 2. The zero-order valence-electron chi connectivity index (χ0n) is 12.8. The van der Waals surface area contributed by atoms with Crippen molar-refractivity contribution in [3.63, 3.8) is 0 Å². The quantitative estimate of drug-likeness (QED) is 0.768. The number of carbonyl (C=O) groups is 2. The van der Waals surface area contributed by atoms with Crippen molar-refractivity contribution in [2.24, 2.45) is 0 Å². The maximum Gasteiger partial charge on any atom is 0.343 e. The third-order valence-electron chi connectivity index (χ3n) is 2.48. The second-order valence-electron chi connectivity index (χ2n) is 3.99. The molecule has 126 valence electrons. The third kappa shape index (κ3) is 5.20. The molecule has 23 heavy (non-hydrogen) atoms. The van der Waals surface area contributed by atoms with E-state index in [1.165, 1.54) is 27.5 Å². The number of aromatic carboxylic acids is 1. The maximum atomic E-state index is 11.0. The molecular formula is C13H16N2O8. The van der Waals surface area contributed by atoms with E-state index in [1.54, 1.807) is 0 Å². The van der Waals surface area contributed by atoms with Crippen molar-refractivity contribution in [2.75, 3.05) is 21.3 Å². The number of rotatable bonds is 6. The molecule has 0 amide bonds. The molecule has 0 unspecified atom stereocenters. The predicted octanol–water partition coefficient (Wildman–Crippen LogP) is 1.13. The SMILES string of the molecule is COCc1oncc1C(=O)O.COCc1oncc1C(=O)OC. The lowest BCUT2D eigenvalue weighted by molar-refractivity contribution is 0.0591. The summed E-state index contributed by atoms with van der Waals surface area (Å²) in [5.74, 6) is -0.911. The van der Waals surface area contributed by atoms with Crippen LogP contribution in [0.2, 0.25) is 0 Å². The van der Waals surface area contributed by atoms with Gasteiger partial charge in [-0.05, 0) is 0 Å². The smallest absolute Gasteiger partial charge is 0.343 e. The molecule has 0 radical (unpaired) electrons. The lowest BCUT2D eigenvalue weighted by Crippen LogP contribution is -2.03. The largest absolute Gasteiger partial charge is 0.478 e. The van der Waals surface area contributed by atoms with E-state index in [4.69, 9.17) is 14.4 Å². The highest BCUT2D eigenvalue weighted by atomic mass is 16.5. The van der Waals surface area contributed by atoms with E-state index in [0.29, 0.717) is 11.3 Å². The van der Waals surface area contributed by atoms with Crippen LogP contribution in [0, 0.1) is 0 Å². The van der Waals surface area contributed by atoms with Crippen LogP contribution in [-0.2, 0) is 27.4 Å². The van der Waals surface area contributed by atoms with Crippen LogP contribution in [0.1, 0.15) is 32.2 Å². The van der Waals surface area contributed by atoms with Crippen LogP contribution in [-0.4, -0.2) is 48.7 Å². The summed E-state index contributed by atoms with van der Waals surface area (Å²) in [5, 5.41) is 15.3. The summed E-state index contributed by atoms with van der Waals surface area (Å²) in [6.45, 7) is 0.339. The number of hydrogen-bond acceptors (Lipinski definition) is 9. The van der Waals surface area contributed by atoms with Crippen molar-refractivity contribution in [1.29, 1.82) is 0 Å². The highest BCUT2D eigenvalue weighted by molar-refractivity contribution is 5.89. The van der Waals surface area contributed by atoms with Gasteiger partial charge in [-0.3, -0.25) is 0 Å². The topological polar surface area (TPSA) is 134 Å². The summed E-state index contributed by atoms with van der Waals surface area (Å²) < 4.78 is 23.3. The van der Waals surface area contributed by atoms with Crippen molar-refractivity contribution in [3.05, 3.63) is 35.0 Å². The molecule has 0 saturated carbocycles. The highest BCUT2D eigenvalue weighted by Gasteiger charge is 2.16. The Labute approximate surface area is 130 Å². The monoisotopic (exact) mass is 328 g/mol. The number of nitrogens with zero attached hydrogens (tertiary/aromatic N) is 2. The first-order valence-corrected chi connectivity index (χ1v) is 6.21. The van der Waals surface area contributed by atoms with E-state index in [1.807, 2.05) is 0 Å². The molecule has 1 N–H and O–H groups in total. The van der Waals surface area contributed by atoms with E-state index in [-0.39, 0.29) is 24.5 Å². The van der Waals surface area contributed by atoms with Crippen molar-refractivity contribution in [2.45, 2.75) is 13.2 Å². The molecule has 0 aromatic carbocycles. The number of methoxy groups -OCH3 is 3. The van der Waals surface area contributed by atoms with Crippen molar-refractivity contribution < 1.29 is 38.0 Å². The Morgan fingerprint density at radius 1 is 1.00 bits per heavy atom. The zero-order chi connectivity index (χ0) is 17.2. The van der Waals surface area contributed by atoms with Crippen molar-refractivity contribution in [3.8, 4) is 0 Å². The lowest BCUT2D eigenvalue weighted by atomic mass is 10.3. The van der Waals surface area contributed by atoms with Crippen molar-refractivity contribution >= 4 is 11.9 Å². The Morgan fingerprint density at radius 2 is 1.48 bits per heavy atom. The van der Waals surface area contributed by atoms with E-state index in [2.05, 4.69) is 24.3 Å². The molecule has 0 aliphatic heterocycles. The Balaban J connectivity index is 0.000000231. The zero-order valence-corrected chi connectivity index (χ0v) is 12.8. The first-order chi connectivity index (χ1) is 11.0. The fraction of sp³-hybridized carbons (Fsp3) is 0.385. The molecule has 0 bridgehead atoms. The van der Waals surface area contributed by atoms with E-state index in [0.717, 1.165) is 6.20 Å². The Hall–Kier alpha value is -2.72. The van der Waals surface area contributed by atoms with Gasteiger partial charge in [0.05, 0.1) is 19.5 Å². The summed E-state index contributed by atoms with van der Waals surface area (Å²) in [6.07, 6.45) is 2.46. The van der Waals surface area contributed by atoms with Gasteiger partial charge in [0.1, 0.15) is 24.3 Å². The molecule has 0 aliphatic rings. The Bertz CT molecular complexity index is 633. The lowest BCUT2D eigenvalue weighted by Gasteiger charge is -1.96. The molecule has 2 aromatic heterocycles. The minimum Gasteiger partial charge on any atom is -0.478 e. The normalized spacial score (nSPS) is 9.87. The van der Waals surface area contributed by atoms with E-state index >= 15 is 0 Å². The molecule has 0 fully saturated rings. The van der Waals surface area contributed by atoms with Gasteiger partial charge in [0.25, 0.3) is 0 Å². The average Bonchev–Trinajstić information content (AvgIpc) is 3.17. The molecular weight excluding hydrogens is 312 g/mol. The van der Waals surface area contributed by atoms with Crippen molar-refractivity contribution in [1.82, 2.24) is 10.3 Å². The van der Waals surface area contributed by atoms with Crippen LogP contribution in [0.3, 0.4) is 0 Å². The second kappa shape index (κ2) is 9.33. The average molecular weight is 328 g/mol. The predicted molar refractivity (Wildman–Crippen MR) is 72.7 cm³/mol. The summed E-state index contributed by atoms with van der Waals surface area (Å²) >= 11 is 0. The molecule has 2 rings (SSSR count). The summed E-state index contributed by atoms with van der Waals surface area (Å²) in [6, 6.07) is 0.